The summed E-state index contributed by atoms with van der Waals surface area (Å²) in [6, 6.07) is 26.0. The molecule has 156 valence electrons. The van der Waals surface area contributed by atoms with Crippen molar-refractivity contribution in [2.75, 3.05) is 29.4 Å². The fourth-order valence-electron chi connectivity index (χ4n) is 4.47. The normalized spacial score (nSPS) is 16.7. The van der Waals surface area contributed by atoms with E-state index < -0.39 is 0 Å². The first-order chi connectivity index (χ1) is 15.1. The van der Waals surface area contributed by atoms with Gasteiger partial charge in [0.05, 0.1) is 5.52 Å². The molecule has 1 fully saturated rings. The summed E-state index contributed by atoms with van der Waals surface area (Å²) in [6.45, 7) is 9.41. The minimum Gasteiger partial charge on any atom is -0.365 e. The third kappa shape index (κ3) is 3.86. The molecule has 0 spiro atoms. The van der Waals surface area contributed by atoms with Crippen LogP contribution in [-0.4, -0.2) is 35.6 Å². The lowest BCUT2D eigenvalue weighted by atomic mass is 10.1. The Balaban J connectivity index is 1.50. The Labute approximate surface area is 184 Å². The second-order valence-electron chi connectivity index (χ2n) is 8.58. The average molecular weight is 409 g/mol. The number of fused-ring (bicyclic) bond motifs is 1. The Morgan fingerprint density at radius 2 is 1.61 bits per heavy atom. The lowest BCUT2D eigenvalue weighted by molar-refractivity contribution is 0.548. The molecule has 2 heterocycles. The summed E-state index contributed by atoms with van der Waals surface area (Å²) < 4.78 is 0. The number of anilines is 2. The number of aromatic nitrogens is 2. The molecule has 31 heavy (non-hydrogen) atoms. The Kier molecular flexibility index (Phi) is 5.06. The standard InChI is InChI=1S/C27H28N4/c1-19-11-13-22(14-12-19)26-28-25-10-5-4-9-24(25)27(29-26)30-15-16-31(21(3)18-30)23-8-6-7-20(2)17-23/h4-14,17,21H,15-16,18H2,1-3H3/t21-/m1/s1. The topological polar surface area (TPSA) is 32.3 Å². The number of hydrogen-bond donors (Lipinski definition) is 0. The molecule has 0 N–H and O–H groups in total. The molecule has 4 heteroatoms. The molecule has 0 radical (unpaired) electrons. The van der Waals surface area contributed by atoms with E-state index in [1.165, 1.54) is 16.8 Å². The number of piperazine rings is 1. The third-order valence-electron chi connectivity index (χ3n) is 6.15. The molecule has 0 amide bonds. The molecule has 1 atom stereocenters. The molecule has 1 saturated heterocycles. The molecule has 3 aromatic carbocycles. The molecule has 4 nitrogen and oxygen atoms in total. The smallest absolute Gasteiger partial charge is 0.162 e. The first-order valence-corrected chi connectivity index (χ1v) is 11.0. The lowest BCUT2D eigenvalue weighted by Gasteiger charge is -2.42. The monoisotopic (exact) mass is 408 g/mol. The molecule has 0 bridgehead atoms. The van der Waals surface area contributed by atoms with Gasteiger partial charge in [0.1, 0.15) is 5.82 Å². The SMILES string of the molecule is Cc1ccc(-c2nc(N3CCN(c4cccc(C)c4)[C@H](C)C3)c3ccccc3n2)cc1. The molecule has 0 saturated carbocycles. The lowest BCUT2D eigenvalue weighted by Crippen LogP contribution is -2.52. The van der Waals surface area contributed by atoms with E-state index in [4.69, 9.17) is 9.97 Å². The molecular weight excluding hydrogens is 380 g/mol. The second-order valence-corrected chi connectivity index (χ2v) is 8.58. The molecular formula is C27H28N4. The van der Waals surface area contributed by atoms with Crippen LogP contribution in [0.4, 0.5) is 11.5 Å². The van der Waals surface area contributed by atoms with Gasteiger partial charge in [-0.1, -0.05) is 54.1 Å². The first kappa shape index (κ1) is 19.6. The second kappa shape index (κ2) is 8.03. The van der Waals surface area contributed by atoms with Crippen LogP contribution in [-0.2, 0) is 0 Å². The van der Waals surface area contributed by atoms with Gasteiger partial charge in [0.15, 0.2) is 5.82 Å². The van der Waals surface area contributed by atoms with Gasteiger partial charge in [0.25, 0.3) is 0 Å². The van der Waals surface area contributed by atoms with Gasteiger partial charge in [-0.25, -0.2) is 9.97 Å². The maximum absolute atomic E-state index is 5.07. The summed E-state index contributed by atoms with van der Waals surface area (Å²) in [7, 11) is 0. The largest absolute Gasteiger partial charge is 0.365 e. The van der Waals surface area contributed by atoms with Crippen LogP contribution in [0.3, 0.4) is 0 Å². The van der Waals surface area contributed by atoms with Gasteiger partial charge in [0, 0.05) is 42.3 Å². The van der Waals surface area contributed by atoms with Gasteiger partial charge < -0.3 is 9.80 Å². The van der Waals surface area contributed by atoms with E-state index in [0.717, 1.165) is 47.7 Å². The van der Waals surface area contributed by atoms with Gasteiger partial charge in [0.2, 0.25) is 0 Å². The summed E-state index contributed by atoms with van der Waals surface area (Å²) >= 11 is 0. The molecule has 1 aliphatic rings. The Morgan fingerprint density at radius 1 is 0.806 bits per heavy atom. The van der Waals surface area contributed by atoms with E-state index in [1.807, 2.05) is 0 Å². The number of nitrogens with zero attached hydrogens (tertiary/aromatic N) is 4. The third-order valence-corrected chi connectivity index (χ3v) is 6.15. The fraction of sp³-hybridized carbons (Fsp3) is 0.259. The minimum atomic E-state index is 0.395. The number of hydrogen-bond acceptors (Lipinski definition) is 4. The van der Waals surface area contributed by atoms with Crippen molar-refractivity contribution in [3.63, 3.8) is 0 Å². The van der Waals surface area contributed by atoms with Crippen molar-refractivity contribution in [1.29, 1.82) is 0 Å². The van der Waals surface area contributed by atoms with E-state index in [-0.39, 0.29) is 0 Å². The van der Waals surface area contributed by atoms with Crippen molar-refractivity contribution >= 4 is 22.4 Å². The van der Waals surface area contributed by atoms with Crippen molar-refractivity contribution in [3.05, 3.63) is 83.9 Å². The van der Waals surface area contributed by atoms with E-state index in [1.54, 1.807) is 0 Å². The van der Waals surface area contributed by atoms with E-state index in [0.29, 0.717) is 6.04 Å². The van der Waals surface area contributed by atoms with Crippen LogP contribution in [0, 0.1) is 13.8 Å². The van der Waals surface area contributed by atoms with Crippen molar-refractivity contribution in [3.8, 4) is 11.4 Å². The fourth-order valence-corrected chi connectivity index (χ4v) is 4.47. The highest BCUT2D eigenvalue weighted by Gasteiger charge is 2.26. The number of benzene rings is 3. The number of aryl methyl sites for hydroxylation is 2. The molecule has 1 aliphatic heterocycles. The van der Waals surface area contributed by atoms with E-state index in [9.17, 15) is 0 Å². The van der Waals surface area contributed by atoms with Crippen molar-refractivity contribution < 1.29 is 0 Å². The Bertz CT molecular complexity index is 1220. The van der Waals surface area contributed by atoms with Crippen LogP contribution in [0.1, 0.15) is 18.1 Å². The molecule has 0 unspecified atom stereocenters. The van der Waals surface area contributed by atoms with E-state index in [2.05, 4.69) is 103 Å². The quantitative estimate of drug-likeness (QED) is 0.440. The first-order valence-electron chi connectivity index (χ1n) is 11.0. The Morgan fingerprint density at radius 3 is 2.39 bits per heavy atom. The van der Waals surface area contributed by atoms with Gasteiger partial charge >= 0.3 is 0 Å². The zero-order chi connectivity index (χ0) is 21.4. The highest BCUT2D eigenvalue weighted by Crippen LogP contribution is 2.30. The van der Waals surface area contributed by atoms with Gasteiger partial charge in [-0.15, -0.1) is 0 Å². The summed E-state index contributed by atoms with van der Waals surface area (Å²) in [5, 5.41) is 1.12. The van der Waals surface area contributed by atoms with Crippen LogP contribution in [0.15, 0.2) is 72.8 Å². The van der Waals surface area contributed by atoms with Gasteiger partial charge in [-0.2, -0.15) is 0 Å². The highest BCUT2D eigenvalue weighted by atomic mass is 15.3. The molecule has 1 aromatic heterocycles. The van der Waals surface area contributed by atoms with Crippen LogP contribution in [0.5, 0.6) is 0 Å². The zero-order valence-electron chi connectivity index (χ0n) is 18.4. The summed E-state index contributed by atoms with van der Waals surface area (Å²) in [4.78, 5) is 14.9. The van der Waals surface area contributed by atoms with Crippen molar-refractivity contribution in [1.82, 2.24) is 9.97 Å². The van der Waals surface area contributed by atoms with Crippen molar-refractivity contribution in [2.45, 2.75) is 26.8 Å². The average Bonchev–Trinajstić information content (AvgIpc) is 2.79. The van der Waals surface area contributed by atoms with Crippen LogP contribution in [0.25, 0.3) is 22.3 Å². The summed E-state index contributed by atoms with van der Waals surface area (Å²) in [5.74, 6) is 1.83. The maximum atomic E-state index is 5.07. The van der Waals surface area contributed by atoms with E-state index >= 15 is 0 Å². The number of para-hydroxylation sites is 1. The van der Waals surface area contributed by atoms with Crippen LogP contribution >= 0.6 is 0 Å². The van der Waals surface area contributed by atoms with Crippen molar-refractivity contribution in [2.24, 2.45) is 0 Å². The van der Waals surface area contributed by atoms with Gasteiger partial charge in [-0.3, -0.25) is 0 Å². The van der Waals surface area contributed by atoms with Crippen LogP contribution in [0.2, 0.25) is 0 Å². The maximum Gasteiger partial charge on any atom is 0.162 e. The number of rotatable bonds is 3. The molecule has 5 rings (SSSR count). The molecule has 0 aliphatic carbocycles. The zero-order valence-corrected chi connectivity index (χ0v) is 18.4. The predicted octanol–water partition coefficient (Wildman–Crippen LogP) is 5.63. The van der Waals surface area contributed by atoms with Crippen LogP contribution < -0.4 is 9.80 Å². The highest BCUT2D eigenvalue weighted by molar-refractivity contribution is 5.91. The Hall–Kier alpha value is -3.40. The summed E-state index contributed by atoms with van der Waals surface area (Å²) in [6.07, 6.45) is 0. The predicted molar refractivity (Wildman–Crippen MR) is 130 cm³/mol. The summed E-state index contributed by atoms with van der Waals surface area (Å²) in [5.41, 5.74) is 5.91. The minimum absolute atomic E-state index is 0.395. The molecule has 4 aromatic rings. The van der Waals surface area contributed by atoms with Gasteiger partial charge in [-0.05, 0) is 50.6 Å².